The molecule has 13 heteroatoms. The van der Waals surface area contributed by atoms with Crippen molar-refractivity contribution in [2.75, 3.05) is 55.4 Å². The van der Waals surface area contributed by atoms with E-state index in [1.165, 1.54) is 28.3 Å². The number of hydrogen-bond donors (Lipinski definition) is 3. The van der Waals surface area contributed by atoms with Crippen molar-refractivity contribution >= 4 is 45.8 Å². The van der Waals surface area contributed by atoms with Gasteiger partial charge in [0.05, 0.1) is 30.9 Å². The van der Waals surface area contributed by atoms with Gasteiger partial charge in [-0.3, -0.25) is 14.4 Å². The normalized spacial score (nSPS) is 18.9. The number of aliphatic hydroxyl groups excluding tert-OH is 1. The third-order valence-corrected chi connectivity index (χ3v) is 6.40. The standard InChI is InChI=1S/C25H25FN6O6/c26-18-4-2-15(12-17(18)24(35)31-5-8-37-9-6-31)32-7-10-38-21(25(32)36)20(33)23(34)30-14-1-3-16-19(11-14)28-13-29-22(16)27/h1-4,11-13,20-21,33H,5-10H2,(H,30,34)(H2,27,28,29)/t20?,21-/m1/s1. The van der Waals surface area contributed by atoms with Gasteiger partial charge in [-0.25, -0.2) is 14.4 Å². The number of aromatic nitrogens is 2. The van der Waals surface area contributed by atoms with Gasteiger partial charge in [-0.2, -0.15) is 0 Å². The van der Waals surface area contributed by atoms with Crippen LogP contribution in [0.1, 0.15) is 10.4 Å². The van der Waals surface area contributed by atoms with Crippen LogP contribution in [0.4, 0.5) is 21.6 Å². The van der Waals surface area contributed by atoms with Crippen LogP contribution in [0.15, 0.2) is 42.7 Å². The second kappa shape index (κ2) is 10.7. The highest BCUT2D eigenvalue weighted by atomic mass is 19.1. The number of rotatable bonds is 5. The lowest BCUT2D eigenvalue weighted by molar-refractivity contribution is -0.150. The molecule has 0 spiro atoms. The Morgan fingerprint density at radius 1 is 1.11 bits per heavy atom. The lowest BCUT2D eigenvalue weighted by Crippen LogP contribution is -2.55. The van der Waals surface area contributed by atoms with Gasteiger partial charge in [0, 0.05) is 36.4 Å². The fourth-order valence-electron chi connectivity index (χ4n) is 4.38. The average Bonchev–Trinajstić information content (AvgIpc) is 2.93. The molecule has 4 N–H and O–H groups in total. The molecule has 5 rings (SSSR count). The summed E-state index contributed by atoms with van der Waals surface area (Å²) in [5.74, 6) is -2.51. The minimum atomic E-state index is -1.84. The predicted molar refractivity (Wildman–Crippen MR) is 134 cm³/mol. The summed E-state index contributed by atoms with van der Waals surface area (Å²) in [5, 5.41) is 13.8. The number of nitrogens with zero attached hydrogens (tertiary/aromatic N) is 4. The molecule has 1 unspecified atom stereocenters. The highest BCUT2D eigenvalue weighted by Crippen LogP contribution is 2.25. The second-order valence-electron chi connectivity index (χ2n) is 8.77. The maximum Gasteiger partial charge on any atom is 0.259 e. The predicted octanol–water partition coefficient (Wildman–Crippen LogP) is 0.555. The Morgan fingerprint density at radius 3 is 2.68 bits per heavy atom. The van der Waals surface area contributed by atoms with E-state index in [9.17, 15) is 23.9 Å². The SMILES string of the molecule is Nc1ncnc2cc(NC(=O)C(O)[C@H]3OCCN(c4ccc(F)c(C(=O)N5CCOCC5)c4)C3=O)ccc12. The van der Waals surface area contributed by atoms with Gasteiger partial charge < -0.3 is 35.4 Å². The maximum absolute atomic E-state index is 14.6. The number of anilines is 3. The molecule has 2 aliphatic rings. The zero-order chi connectivity index (χ0) is 26.8. The molecular weight excluding hydrogens is 499 g/mol. The number of ether oxygens (including phenoxy) is 2. The number of hydrogen-bond acceptors (Lipinski definition) is 9. The topological polar surface area (TPSA) is 160 Å². The number of amides is 3. The number of halogens is 1. The Balaban J connectivity index is 1.31. The van der Waals surface area contributed by atoms with Crippen molar-refractivity contribution in [1.29, 1.82) is 0 Å². The van der Waals surface area contributed by atoms with Gasteiger partial charge in [0.15, 0.2) is 12.2 Å². The van der Waals surface area contributed by atoms with Crippen LogP contribution in [-0.2, 0) is 19.1 Å². The first-order valence-electron chi connectivity index (χ1n) is 11.9. The van der Waals surface area contributed by atoms with Gasteiger partial charge in [0.25, 0.3) is 17.7 Å². The molecule has 1 aromatic heterocycles. The molecule has 38 heavy (non-hydrogen) atoms. The molecule has 2 atom stereocenters. The summed E-state index contributed by atoms with van der Waals surface area (Å²) in [5.41, 5.74) is 6.70. The summed E-state index contributed by atoms with van der Waals surface area (Å²) in [6, 6.07) is 8.51. The van der Waals surface area contributed by atoms with E-state index in [1.54, 1.807) is 18.2 Å². The molecule has 0 saturated carbocycles. The van der Waals surface area contributed by atoms with E-state index in [-0.39, 0.29) is 30.2 Å². The van der Waals surface area contributed by atoms with Crippen molar-refractivity contribution in [3.8, 4) is 0 Å². The van der Waals surface area contributed by atoms with E-state index < -0.39 is 35.7 Å². The number of carbonyl (C=O) groups is 3. The molecule has 12 nitrogen and oxygen atoms in total. The fourth-order valence-corrected chi connectivity index (χ4v) is 4.38. The number of carbonyl (C=O) groups excluding carboxylic acids is 3. The third-order valence-electron chi connectivity index (χ3n) is 6.40. The zero-order valence-corrected chi connectivity index (χ0v) is 20.2. The number of aliphatic hydroxyl groups is 1. The number of nitrogens with two attached hydrogens (primary N) is 1. The van der Waals surface area contributed by atoms with Crippen LogP contribution in [-0.4, -0.2) is 89.4 Å². The highest BCUT2D eigenvalue weighted by Gasteiger charge is 2.39. The summed E-state index contributed by atoms with van der Waals surface area (Å²) in [4.78, 5) is 49.6. The molecule has 2 fully saturated rings. The molecule has 0 bridgehead atoms. The van der Waals surface area contributed by atoms with Gasteiger partial charge >= 0.3 is 0 Å². The van der Waals surface area contributed by atoms with E-state index in [0.717, 1.165) is 6.07 Å². The number of nitrogens with one attached hydrogen (secondary N) is 1. The monoisotopic (exact) mass is 524 g/mol. The summed E-state index contributed by atoms with van der Waals surface area (Å²) in [6.45, 7) is 1.48. The van der Waals surface area contributed by atoms with Crippen LogP contribution in [0, 0.1) is 5.82 Å². The molecular formula is C25H25FN6O6. The molecule has 198 valence electrons. The lowest BCUT2D eigenvalue weighted by atomic mass is 10.1. The minimum absolute atomic E-state index is 0.0110. The molecule has 3 aromatic rings. The maximum atomic E-state index is 14.6. The quantitative estimate of drug-likeness (QED) is 0.433. The molecule has 2 saturated heterocycles. The van der Waals surface area contributed by atoms with E-state index in [2.05, 4.69) is 15.3 Å². The number of benzene rings is 2. The van der Waals surface area contributed by atoms with Gasteiger partial charge in [0.1, 0.15) is 18.0 Å². The van der Waals surface area contributed by atoms with Crippen LogP contribution in [0.3, 0.4) is 0 Å². The Labute approximate surface area is 216 Å². The van der Waals surface area contributed by atoms with Crippen molar-refractivity contribution < 1.29 is 33.4 Å². The second-order valence-corrected chi connectivity index (χ2v) is 8.77. The Hall–Kier alpha value is -4.20. The highest BCUT2D eigenvalue weighted by molar-refractivity contribution is 6.05. The largest absolute Gasteiger partial charge is 0.383 e. The Kier molecular flexibility index (Phi) is 7.13. The number of morpholine rings is 2. The zero-order valence-electron chi connectivity index (χ0n) is 20.2. The van der Waals surface area contributed by atoms with Crippen LogP contribution >= 0.6 is 0 Å². The van der Waals surface area contributed by atoms with Crippen LogP contribution in [0.2, 0.25) is 0 Å². The van der Waals surface area contributed by atoms with Crippen molar-refractivity contribution in [3.63, 3.8) is 0 Å². The van der Waals surface area contributed by atoms with Gasteiger partial charge in [-0.15, -0.1) is 0 Å². The lowest BCUT2D eigenvalue weighted by Gasteiger charge is -2.34. The van der Waals surface area contributed by atoms with Crippen LogP contribution in [0.25, 0.3) is 10.9 Å². The smallest absolute Gasteiger partial charge is 0.259 e. The molecule has 2 aliphatic heterocycles. The van der Waals surface area contributed by atoms with Gasteiger partial charge in [-0.1, -0.05) is 0 Å². The summed E-state index contributed by atoms with van der Waals surface area (Å²) in [7, 11) is 0. The van der Waals surface area contributed by atoms with E-state index in [4.69, 9.17) is 15.2 Å². The number of fused-ring (bicyclic) bond motifs is 1. The molecule has 3 amide bonds. The first-order chi connectivity index (χ1) is 18.3. The Morgan fingerprint density at radius 2 is 1.89 bits per heavy atom. The minimum Gasteiger partial charge on any atom is -0.383 e. The first-order valence-corrected chi connectivity index (χ1v) is 11.9. The van der Waals surface area contributed by atoms with Gasteiger partial charge in [-0.05, 0) is 36.4 Å². The summed E-state index contributed by atoms with van der Waals surface area (Å²) >= 11 is 0. The fraction of sp³-hybridized carbons (Fsp3) is 0.320. The molecule has 2 aromatic carbocycles. The van der Waals surface area contributed by atoms with Crippen molar-refractivity contribution in [2.45, 2.75) is 12.2 Å². The Bertz CT molecular complexity index is 1400. The van der Waals surface area contributed by atoms with E-state index in [1.807, 2.05) is 0 Å². The van der Waals surface area contributed by atoms with Crippen molar-refractivity contribution in [2.24, 2.45) is 0 Å². The van der Waals surface area contributed by atoms with Crippen molar-refractivity contribution in [1.82, 2.24) is 14.9 Å². The van der Waals surface area contributed by atoms with Crippen LogP contribution in [0.5, 0.6) is 0 Å². The molecule has 0 aliphatic carbocycles. The summed E-state index contributed by atoms with van der Waals surface area (Å²) < 4.78 is 25.2. The van der Waals surface area contributed by atoms with Crippen molar-refractivity contribution in [3.05, 3.63) is 54.1 Å². The average molecular weight is 525 g/mol. The van der Waals surface area contributed by atoms with E-state index >= 15 is 0 Å². The first kappa shape index (κ1) is 25.4. The third kappa shape index (κ3) is 4.98. The van der Waals surface area contributed by atoms with Gasteiger partial charge in [0.2, 0.25) is 0 Å². The van der Waals surface area contributed by atoms with E-state index in [0.29, 0.717) is 42.9 Å². The summed E-state index contributed by atoms with van der Waals surface area (Å²) in [6.07, 6.45) is -2.06. The van der Waals surface area contributed by atoms with Crippen LogP contribution < -0.4 is 16.0 Å². The molecule has 0 radical (unpaired) electrons. The molecule has 3 heterocycles. The number of nitrogen functional groups attached to an aromatic ring is 1.